The van der Waals surface area contributed by atoms with Crippen molar-refractivity contribution < 1.29 is 15.0 Å². The van der Waals surface area contributed by atoms with Crippen LogP contribution in [0.25, 0.3) is 0 Å². The van der Waals surface area contributed by atoms with Gasteiger partial charge in [0.2, 0.25) is 0 Å². The quantitative estimate of drug-likeness (QED) is 0.706. The molecule has 0 heterocycles. The van der Waals surface area contributed by atoms with Crippen LogP contribution >= 0.6 is 0 Å². The van der Waals surface area contributed by atoms with Gasteiger partial charge in [-0.05, 0) is 104 Å². The highest BCUT2D eigenvalue weighted by Gasteiger charge is 2.62. The van der Waals surface area contributed by atoms with Gasteiger partial charge in [-0.1, -0.05) is 20.8 Å². The Balaban J connectivity index is 1.58. The van der Waals surface area contributed by atoms with E-state index in [0.717, 1.165) is 38.4 Å². The maximum absolute atomic E-state index is 11.2. The molecule has 0 aliphatic heterocycles. The molecule has 4 aliphatic rings. The summed E-state index contributed by atoms with van der Waals surface area (Å²) < 4.78 is 0. The molecule has 0 saturated heterocycles. The predicted molar refractivity (Wildman–Crippen MR) is 107 cm³/mol. The van der Waals surface area contributed by atoms with E-state index in [1.54, 1.807) is 0 Å². The van der Waals surface area contributed by atoms with Crippen LogP contribution in [0.15, 0.2) is 0 Å². The van der Waals surface area contributed by atoms with Gasteiger partial charge < -0.3 is 15.0 Å². The molecule has 3 nitrogen and oxygen atoms in total. The fraction of sp³-hybridized carbons (Fsp3) is 0.958. The highest BCUT2D eigenvalue weighted by atomic mass is 16.3. The van der Waals surface area contributed by atoms with Crippen molar-refractivity contribution in [3.8, 4) is 0 Å². The summed E-state index contributed by atoms with van der Waals surface area (Å²) in [7, 11) is 0. The monoisotopic (exact) mass is 376 g/mol. The van der Waals surface area contributed by atoms with E-state index in [9.17, 15) is 15.0 Å². The molecule has 0 bridgehead atoms. The molecule has 4 aliphatic carbocycles. The number of fused-ring (bicyclic) bond motifs is 5. The van der Waals surface area contributed by atoms with Crippen LogP contribution < -0.4 is 0 Å². The van der Waals surface area contributed by atoms with E-state index in [1.165, 1.54) is 25.7 Å². The first-order valence-corrected chi connectivity index (χ1v) is 11.6. The van der Waals surface area contributed by atoms with Gasteiger partial charge in [-0.25, -0.2) is 0 Å². The van der Waals surface area contributed by atoms with E-state index in [-0.39, 0.29) is 12.2 Å². The molecule has 0 aromatic carbocycles. The Labute approximate surface area is 165 Å². The topological polar surface area (TPSA) is 57.5 Å². The average molecular weight is 377 g/mol. The number of hydrogen-bond acceptors (Lipinski definition) is 3. The summed E-state index contributed by atoms with van der Waals surface area (Å²) in [4.78, 5) is 10.9. The van der Waals surface area contributed by atoms with E-state index in [2.05, 4.69) is 20.8 Å². The molecule has 154 valence electrons. The Bertz CT molecular complexity index is 562. The van der Waals surface area contributed by atoms with Gasteiger partial charge in [0.15, 0.2) is 0 Å². The van der Waals surface area contributed by atoms with Crippen molar-refractivity contribution in [1.29, 1.82) is 0 Å². The summed E-state index contributed by atoms with van der Waals surface area (Å²) in [5.41, 5.74) is 0.646. The molecule has 2 N–H and O–H groups in total. The zero-order valence-electron chi connectivity index (χ0n) is 17.6. The summed E-state index contributed by atoms with van der Waals surface area (Å²) in [6.07, 6.45) is 11.4. The van der Waals surface area contributed by atoms with E-state index >= 15 is 0 Å². The number of hydrogen-bond donors (Lipinski definition) is 2. The normalized spacial score (nSPS) is 53.1. The van der Waals surface area contributed by atoms with Gasteiger partial charge in [-0.2, -0.15) is 0 Å². The minimum atomic E-state index is -0.188. The van der Waals surface area contributed by atoms with Crippen molar-refractivity contribution >= 4 is 6.29 Å². The summed E-state index contributed by atoms with van der Waals surface area (Å²) in [5.74, 6) is 3.51. The Morgan fingerprint density at radius 3 is 2.44 bits per heavy atom. The van der Waals surface area contributed by atoms with Crippen LogP contribution in [0.2, 0.25) is 0 Å². The van der Waals surface area contributed by atoms with Crippen molar-refractivity contribution in [3.05, 3.63) is 0 Å². The first-order valence-electron chi connectivity index (χ1n) is 11.6. The first kappa shape index (κ1) is 19.9. The van der Waals surface area contributed by atoms with Crippen LogP contribution in [0.4, 0.5) is 0 Å². The third kappa shape index (κ3) is 3.03. The van der Waals surface area contributed by atoms with E-state index in [0.29, 0.717) is 52.8 Å². The van der Waals surface area contributed by atoms with Crippen LogP contribution in [0.1, 0.15) is 85.0 Å². The van der Waals surface area contributed by atoms with Gasteiger partial charge in [0.25, 0.3) is 0 Å². The molecule has 27 heavy (non-hydrogen) atoms. The second-order valence-corrected chi connectivity index (χ2v) is 11.2. The SMILES string of the molecule is C[C@H](CCC=O)C1CC[C@H]2[C@@H]3[C@H](O)C[C@@H]4C[C@H](O)CC[C@]4(C)[C@H]3CCC12C. The molecule has 0 aromatic heterocycles. The highest BCUT2D eigenvalue weighted by Crippen LogP contribution is 2.68. The Hall–Kier alpha value is -0.410. The average Bonchev–Trinajstić information content (AvgIpc) is 2.98. The molecule has 0 radical (unpaired) electrons. The summed E-state index contributed by atoms with van der Waals surface area (Å²) in [6.45, 7) is 7.34. The Morgan fingerprint density at radius 2 is 1.70 bits per heavy atom. The minimum absolute atomic E-state index is 0.157. The van der Waals surface area contributed by atoms with E-state index < -0.39 is 0 Å². The van der Waals surface area contributed by atoms with Crippen LogP contribution in [-0.4, -0.2) is 28.7 Å². The lowest BCUT2D eigenvalue weighted by atomic mass is 9.43. The zero-order valence-corrected chi connectivity index (χ0v) is 17.6. The molecular weight excluding hydrogens is 336 g/mol. The van der Waals surface area contributed by atoms with Gasteiger partial charge in [0, 0.05) is 6.42 Å². The molecule has 0 spiro atoms. The third-order valence-corrected chi connectivity index (χ3v) is 10.2. The highest BCUT2D eigenvalue weighted by molar-refractivity contribution is 5.49. The fourth-order valence-electron chi connectivity index (χ4n) is 8.71. The Morgan fingerprint density at radius 1 is 1.00 bits per heavy atom. The smallest absolute Gasteiger partial charge is 0.120 e. The maximum atomic E-state index is 11.2. The fourth-order valence-corrected chi connectivity index (χ4v) is 8.71. The lowest BCUT2D eigenvalue weighted by Crippen LogP contribution is -2.58. The van der Waals surface area contributed by atoms with Gasteiger partial charge in [-0.3, -0.25) is 0 Å². The Kier molecular flexibility index (Phi) is 5.25. The third-order valence-electron chi connectivity index (χ3n) is 10.2. The molecule has 4 rings (SSSR count). The number of carbonyl (C=O) groups excluding carboxylic acids is 1. The largest absolute Gasteiger partial charge is 0.393 e. The molecule has 10 atom stereocenters. The molecule has 0 amide bonds. The second-order valence-electron chi connectivity index (χ2n) is 11.2. The zero-order chi connectivity index (χ0) is 19.4. The summed E-state index contributed by atoms with van der Waals surface area (Å²) >= 11 is 0. The van der Waals surface area contributed by atoms with E-state index in [4.69, 9.17) is 0 Å². The van der Waals surface area contributed by atoms with Crippen LogP contribution in [-0.2, 0) is 4.79 Å². The van der Waals surface area contributed by atoms with Gasteiger partial charge in [0.1, 0.15) is 6.29 Å². The van der Waals surface area contributed by atoms with Crippen molar-refractivity contribution in [2.45, 2.75) is 97.2 Å². The lowest BCUT2D eigenvalue weighted by Gasteiger charge is -2.62. The van der Waals surface area contributed by atoms with Gasteiger partial charge in [-0.15, -0.1) is 0 Å². The van der Waals surface area contributed by atoms with Crippen molar-refractivity contribution in [3.63, 3.8) is 0 Å². The second kappa shape index (κ2) is 7.13. The molecule has 0 aromatic rings. The number of rotatable bonds is 4. The standard InChI is InChI=1S/C24H40O3/c1-15(5-4-12-25)18-6-7-19-22-20(9-11-24(18,19)3)23(2)10-8-17(26)13-16(23)14-21(22)27/h12,15-22,26-27H,4-11,13-14H2,1-3H3/t15-,16+,17-,18?,19+,20+,21-,22+,23+,24?/m1/s1. The molecule has 4 fully saturated rings. The van der Waals surface area contributed by atoms with Crippen LogP contribution in [0.5, 0.6) is 0 Å². The van der Waals surface area contributed by atoms with Crippen LogP contribution in [0.3, 0.4) is 0 Å². The van der Waals surface area contributed by atoms with Crippen molar-refractivity contribution in [2.24, 2.45) is 46.3 Å². The van der Waals surface area contributed by atoms with Gasteiger partial charge >= 0.3 is 0 Å². The molecule has 3 heteroatoms. The maximum Gasteiger partial charge on any atom is 0.120 e. The lowest BCUT2D eigenvalue weighted by molar-refractivity contribution is -0.174. The van der Waals surface area contributed by atoms with Crippen LogP contribution in [0, 0.1) is 46.3 Å². The summed E-state index contributed by atoms with van der Waals surface area (Å²) in [6, 6.07) is 0. The number of aliphatic hydroxyl groups excluding tert-OH is 2. The molecule has 4 saturated carbocycles. The molecule has 2 unspecified atom stereocenters. The van der Waals surface area contributed by atoms with E-state index in [1.807, 2.05) is 0 Å². The number of aldehydes is 1. The first-order chi connectivity index (χ1) is 12.8. The van der Waals surface area contributed by atoms with Gasteiger partial charge in [0.05, 0.1) is 12.2 Å². The van der Waals surface area contributed by atoms with Crippen molar-refractivity contribution in [1.82, 2.24) is 0 Å². The minimum Gasteiger partial charge on any atom is -0.393 e. The molecular formula is C24H40O3. The number of aliphatic hydroxyl groups is 2. The predicted octanol–water partition coefficient (Wildman–Crippen LogP) is 4.59. The van der Waals surface area contributed by atoms with Crippen molar-refractivity contribution in [2.75, 3.05) is 0 Å². The number of carbonyl (C=O) groups is 1. The summed E-state index contributed by atoms with van der Waals surface area (Å²) in [5, 5.41) is 21.4.